The molecule has 3 N–H and O–H groups in total. The summed E-state index contributed by atoms with van der Waals surface area (Å²) < 4.78 is 26.1. The molecule has 0 aliphatic rings. The summed E-state index contributed by atoms with van der Waals surface area (Å²) in [6, 6.07) is 4.32. The zero-order valence-electron chi connectivity index (χ0n) is 8.73. The highest BCUT2D eigenvalue weighted by molar-refractivity contribution is 7.98. The molecule has 0 amide bonds. The predicted octanol–water partition coefficient (Wildman–Crippen LogP) is 1.56. The number of nitrogen functional groups attached to an aromatic ring is 1. The van der Waals surface area contributed by atoms with Gasteiger partial charge in [-0.1, -0.05) is 11.6 Å². The van der Waals surface area contributed by atoms with E-state index in [2.05, 4.69) is 4.72 Å². The fraction of sp³-hybridized carbons (Fsp3) is 0.333. The van der Waals surface area contributed by atoms with Gasteiger partial charge < -0.3 is 5.73 Å². The van der Waals surface area contributed by atoms with Crippen LogP contribution in [-0.4, -0.2) is 27.0 Å². The van der Waals surface area contributed by atoms with E-state index in [1.807, 2.05) is 6.26 Å². The molecule has 0 heterocycles. The molecule has 0 radical (unpaired) electrons. The van der Waals surface area contributed by atoms with Gasteiger partial charge in [-0.2, -0.15) is 11.8 Å². The molecule has 0 atom stereocenters. The van der Waals surface area contributed by atoms with E-state index in [0.717, 1.165) is 0 Å². The number of benzene rings is 1. The molecule has 1 aromatic carbocycles. The molecule has 0 fully saturated rings. The van der Waals surface area contributed by atoms with Crippen LogP contribution in [0.5, 0.6) is 0 Å². The summed E-state index contributed by atoms with van der Waals surface area (Å²) in [4.78, 5) is 0.0676. The monoisotopic (exact) mass is 280 g/mol. The van der Waals surface area contributed by atoms with E-state index in [-0.39, 0.29) is 10.6 Å². The van der Waals surface area contributed by atoms with Crippen LogP contribution in [0.25, 0.3) is 0 Å². The van der Waals surface area contributed by atoms with Crippen LogP contribution in [0.1, 0.15) is 0 Å². The van der Waals surface area contributed by atoms with Crippen LogP contribution in [0.2, 0.25) is 5.02 Å². The average Bonchev–Trinajstić information content (AvgIpc) is 2.17. The van der Waals surface area contributed by atoms with Crippen molar-refractivity contribution >= 4 is 39.1 Å². The largest absolute Gasteiger partial charge is 0.398 e. The number of thioether (sulfide) groups is 1. The van der Waals surface area contributed by atoms with Crippen molar-refractivity contribution in [3.05, 3.63) is 23.2 Å². The van der Waals surface area contributed by atoms with Gasteiger partial charge in [-0.3, -0.25) is 0 Å². The Balaban J connectivity index is 2.90. The van der Waals surface area contributed by atoms with E-state index in [1.165, 1.54) is 18.2 Å². The first-order valence-electron chi connectivity index (χ1n) is 4.51. The van der Waals surface area contributed by atoms with Crippen molar-refractivity contribution in [2.45, 2.75) is 4.90 Å². The molecule has 0 aliphatic heterocycles. The molecule has 90 valence electrons. The number of hydrogen-bond donors (Lipinski definition) is 2. The fourth-order valence-corrected chi connectivity index (χ4v) is 2.88. The van der Waals surface area contributed by atoms with Crippen LogP contribution in [0.15, 0.2) is 23.1 Å². The number of anilines is 1. The van der Waals surface area contributed by atoms with Crippen LogP contribution < -0.4 is 10.5 Å². The molecule has 0 spiro atoms. The Morgan fingerprint density at radius 2 is 2.19 bits per heavy atom. The first-order chi connectivity index (χ1) is 7.47. The van der Waals surface area contributed by atoms with Gasteiger partial charge in [0.1, 0.15) is 4.90 Å². The lowest BCUT2D eigenvalue weighted by Gasteiger charge is -2.08. The summed E-state index contributed by atoms with van der Waals surface area (Å²) in [5.74, 6) is 0.715. The molecule has 16 heavy (non-hydrogen) atoms. The number of nitrogens with two attached hydrogens (primary N) is 1. The molecule has 4 nitrogen and oxygen atoms in total. The maximum Gasteiger partial charge on any atom is 0.242 e. The van der Waals surface area contributed by atoms with Crippen LogP contribution >= 0.6 is 23.4 Å². The van der Waals surface area contributed by atoms with E-state index in [0.29, 0.717) is 17.3 Å². The fourth-order valence-electron chi connectivity index (χ4n) is 1.12. The van der Waals surface area contributed by atoms with Crippen molar-refractivity contribution in [2.24, 2.45) is 0 Å². The van der Waals surface area contributed by atoms with Gasteiger partial charge in [0.15, 0.2) is 0 Å². The summed E-state index contributed by atoms with van der Waals surface area (Å²) in [5, 5.41) is 0.417. The van der Waals surface area contributed by atoms with E-state index in [1.54, 1.807) is 11.8 Å². The first-order valence-corrected chi connectivity index (χ1v) is 7.76. The minimum Gasteiger partial charge on any atom is -0.398 e. The number of sulfonamides is 1. The van der Waals surface area contributed by atoms with Gasteiger partial charge in [0.2, 0.25) is 10.0 Å². The lowest BCUT2D eigenvalue weighted by Crippen LogP contribution is -2.26. The average molecular weight is 281 g/mol. The smallest absolute Gasteiger partial charge is 0.242 e. The Morgan fingerprint density at radius 1 is 1.50 bits per heavy atom. The number of rotatable bonds is 5. The van der Waals surface area contributed by atoms with Crippen LogP contribution in [0.3, 0.4) is 0 Å². The van der Waals surface area contributed by atoms with E-state index >= 15 is 0 Å². The van der Waals surface area contributed by atoms with Gasteiger partial charge in [-0.25, -0.2) is 13.1 Å². The summed E-state index contributed by atoms with van der Waals surface area (Å²) >= 11 is 7.26. The lowest BCUT2D eigenvalue weighted by atomic mass is 10.3. The molecular formula is C9H13ClN2O2S2. The topological polar surface area (TPSA) is 72.2 Å². The zero-order chi connectivity index (χ0) is 12.2. The Kier molecular flexibility index (Phi) is 4.91. The Hall–Kier alpha value is -0.430. The van der Waals surface area contributed by atoms with Gasteiger partial charge in [0.25, 0.3) is 0 Å². The molecular weight excluding hydrogens is 268 g/mol. The molecule has 0 bridgehead atoms. The van der Waals surface area contributed by atoms with Crippen molar-refractivity contribution in [2.75, 3.05) is 24.3 Å². The van der Waals surface area contributed by atoms with Crippen molar-refractivity contribution in [3.8, 4) is 0 Å². The lowest BCUT2D eigenvalue weighted by molar-refractivity contribution is 0.584. The molecule has 0 saturated carbocycles. The molecule has 7 heteroatoms. The Morgan fingerprint density at radius 3 is 2.75 bits per heavy atom. The standard InChI is InChI=1S/C9H13ClN2O2S2/c1-15-5-4-12-16(13,14)9-3-2-7(10)6-8(9)11/h2-3,6,12H,4-5,11H2,1H3. The molecule has 0 saturated heterocycles. The maximum atomic E-state index is 11.8. The molecule has 0 unspecified atom stereocenters. The maximum absolute atomic E-state index is 11.8. The summed E-state index contributed by atoms with van der Waals surface area (Å²) in [6.07, 6.45) is 1.91. The van der Waals surface area contributed by atoms with Crippen LogP contribution in [-0.2, 0) is 10.0 Å². The molecule has 1 aromatic rings. The van der Waals surface area contributed by atoms with E-state index < -0.39 is 10.0 Å². The van der Waals surface area contributed by atoms with Crippen molar-refractivity contribution < 1.29 is 8.42 Å². The highest BCUT2D eigenvalue weighted by Crippen LogP contribution is 2.22. The Labute approximate surface area is 105 Å². The third kappa shape index (κ3) is 3.55. The van der Waals surface area contributed by atoms with Crippen LogP contribution in [0, 0.1) is 0 Å². The number of hydrogen-bond acceptors (Lipinski definition) is 4. The SMILES string of the molecule is CSCCNS(=O)(=O)c1ccc(Cl)cc1N. The highest BCUT2D eigenvalue weighted by atomic mass is 35.5. The second-order valence-corrected chi connectivity index (χ2v) is 6.23. The third-order valence-corrected chi connectivity index (χ3v) is 4.24. The van der Waals surface area contributed by atoms with E-state index in [4.69, 9.17) is 17.3 Å². The van der Waals surface area contributed by atoms with Gasteiger partial charge >= 0.3 is 0 Å². The van der Waals surface area contributed by atoms with Crippen LogP contribution in [0.4, 0.5) is 5.69 Å². The quantitative estimate of drug-likeness (QED) is 0.634. The third-order valence-electron chi connectivity index (χ3n) is 1.86. The second-order valence-electron chi connectivity index (χ2n) is 3.07. The summed E-state index contributed by atoms with van der Waals surface area (Å²) in [6.45, 7) is 0.381. The van der Waals surface area contributed by atoms with Gasteiger partial charge in [-0.15, -0.1) is 0 Å². The number of halogens is 1. The number of nitrogens with one attached hydrogen (secondary N) is 1. The zero-order valence-corrected chi connectivity index (χ0v) is 11.1. The minimum absolute atomic E-state index is 0.0676. The highest BCUT2D eigenvalue weighted by Gasteiger charge is 2.16. The van der Waals surface area contributed by atoms with Crippen molar-refractivity contribution in [1.82, 2.24) is 4.72 Å². The van der Waals surface area contributed by atoms with Crippen molar-refractivity contribution in [1.29, 1.82) is 0 Å². The normalized spacial score (nSPS) is 11.6. The van der Waals surface area contributed by atoms with Crippen molar-refractivity contribution in [3.63, 3.8) is 0 Å². The summed E-state index contributed by atoms with van der Waals surface area (Å²) in [7, 11) is -3.53. The van der Waals surface area contributed by atoms with Gasteiger partial charge in [-0.05, 0) is 24.5 Å². The van der Waals surface area contributed by atoms with Gasteiger partial charge in [0, 0.05) is 17.3 Å². The molecule has 0 aromatic heterocycles. The molecule has 1 rings (SSSR count). The molecule has 0 aliphatic carbocycles. The second kappa shape index (κ2) is 5.77. The van der Waals surface area contributed by atoms with E-state index in [9.17, 15) is 8.42 Å². The summed E-state index contributed by atoms with van der Waals surface area (Å²) in [5.41, 5.74) is 5.76. The Bertz CT molecular complexity index is 463. The first kappa shape index (κ1) is 13.6. The minimum atomic E-state index is -3.53. The van der Waals surface area contributed by atoms with Gasteiger partial charge in [0.05, 0.1) is 5.69 Å². The predicted molar refractivity (Wildman–Crippen MR) is 69.4 cm³/mol.